The summed E-state index contributed by atoms with van der Waals surface area (Å²) in [4.78, 5) is 0. The first kappa shape index (κ1) is 29.0. The number of hydrogen-bond acceptors (Lipinski definition) is 0. The zero-order valence-electron chi connectivity index (χ0n) is 21.9. The fourth-order valence-electron chi connectivity index (χ4n) is 4.81. The fourth-order valence-corrected chi connectivity index (χ4v) is 4.81. The predicted molar refractivity (Wildman–Crippen MR) is 136 cm³/mol. The van der Waals surface area contributed by atoms with Crippen LogP contribution in [0.15, 0.2) is 0 Å². The van der Waals surface area contributed by atoms with E-state index in [0.717, 1.165) is 29.6 Å². The molecule has 0 N–H and O–H groups in total. The van der Waals surface area contributed by atoms with E-state index in [4.69, 9.17) is 0 Å². The van der Waals surface area contributed by atoms with Gasteiger partial charge in [-0.25, -0.2) is 0 Å². The molecule has 0 radical (unpaired) electrons. The monoisotopic (exact) mass is 408 g/mol. The summed E-state index contributed by atoms with van der Waals surface area (Å²) in [6.45, 7) is 16.9. The van der Waals surface area contributed by atoms with Gasteiger partial charge in [0.25, 0.3) is 0 Å². The summed E-state index contributed by atoms with van der Waals surface area (Å²) < 4.78 is 0. The van der Waals surface area contributed by atoms with Crippen LogP contribution in [-0.2, 0) is 0 Å². The first-order valence-corrected chi connectivity index (χ1v) is 13.8. The molecule has 4 atom stereocenters. The van der Waals surface area contributed by atoms with Crippen molar-refractivity contribution in [3.05, 3.63) is 0 Å². The molecule has 0 nitrogen and oxygen atoms in total. The van der Waals surface area contributed by atoms with E-state index in [1.807, 2.05) is 0 Å². The van der Waals surface area contributed by atoms with E-state index in [1.54, 1.807) is 0 Å². The van der Waals surface area contributed by atoms with E-state index in [9.17, 15) is 0 Å². The first-order chi connectivity index (χ1) is 13.8. The third-order valence-electron chi connectivity index (χ3n) is 7.21. The van der Waals surface area contributed by atoms with Crippen LogP contribution in [0.25, 0.3) is 0 Å². The molecule has 0 rings (SSSR count). The summed E-state index contributed by atoms with van der Waals surface area (Å²) in [5, 5.41) is 0. The molecule has 176 valence electrons. The van der Waals surface area contributed by atoms with Crippen molar-refractivity contribution in [3.8, 4) is 0 Å². The maximum atomic E-state index is 2.49. The molecule has 0 spiro atoms. The van der Waals surface area contributed by atoms with Gasteiger partial charge >= 0.3 is 0 Å². The lowest BCUT2D eigenvalue weighted by molar-refractivity contribution is 0.371. The van der Waals surface area contributed by atoms with Crippen molar-refractivity contribution in [2.45, 2.75) is 158 Å². The molecule has 29 heavy (non-hydrogen) atoms. The molecule has 0 aromatic heterocycles. The summed E-state index contributed by atoms with van der Waals surface area (Å²) in [6, 6.07) is 0. The Balaban J connectivity index is 3.52. The van der Waals surface area contributed by atoms with Crippen molar-refractivity contribution >= 4 is 0 Å². The Morgan fingerprint density at radius 2 is 0.621 bits per heavy atom. The molecule has 0 heteroatoms. The Labute approximate surface area is 187 Å². The number of rotatable bonds is 21. The molecule has 0 fully saturated rings. The van der Waals surface area contributed by atoms with Crippen molar-refractivity contribution < 1.29 is 0 Å². The van der Waals surface area contributed by atoms with Crippen molar-refractivity contribution in [2.75, 3.05) is 0 Å². The van der Waals surface area contributed by atoms with Crippen molar-refractivity contribution in [1.29, 1.82) is 0 Å². The van der Waals surface area contributed by atoms with Crippen molar-refractivity contribution in [3.63, 3.8) is 0 Å². The Morgan fingerprint density at radius 3 is 0.931 bits per heavy atom. The highest BCUT2D eigenvalue weighted by molar-refractivity contribution is 4.62. The second-order valence-electron chi connectivity index (χ2n) is 11.4. The second-order valence-corrected chi connectivity index (χ2v) is 11.4. The van der Waals surface area contributed by atoms with Gasteiger partial charge in [0, 0.05) is 0 Å². The SMILES string of the molecule is CCCCCC(C)CCCC(C)CCCCC(C)CCCC(C)CCCC(C)C. The van der Waals surface area contributed by atoms with Gasteiger partial charge in [0.15, 0.2) is 0 Å². The standard InChI is InChI=1S/C29H60/c1-8-9-10-17-26(4)21-14-22-27(5)18-11-12-19-28(6)23-15-24-29(7)20-13-16-25(2)3/h25-29H,8-24H2,1-7H3. The van der Waals surface area contributed by atoms with Gasteiger partial charge in [-0.15, -0.1) is 0 Å². The number of unbranched alkanes of at least 4 members (excludes halogenated alkanes) is 3. The molecule has 0 aliphatic carbocycles. The van der Waals surface area contributed by atoms with Crippen LogP contribution in [0, 0.1) is 29.6 Å². The van der Waals surface area contributed by atoms with Gasteiger partial charge in [-0.1, -0.05) is 158 Å². The normalized spacial score (nSPS) is 16.1. The van der Waals surface area contributed by atoms with Crippen LogP contribution in [0.3, 0.4) is 0 Å². The zero-order chi connectivity index (χ0) is 21.9. The van der Waals surface area contributed by atoms with Crippen LogP contribution in [0.4, 0.5) is 0 Å². The van der Waals surface area contributed by atoms with Crippen molar-refractivity contribution in [1.82, 2.24) is 0 Å². The van der Waals surface area contributed by atoms with E-state index >= 15 is 0 Å². The Morgan fingerprint density at radius 1 is 0.345 bits per heavy atom. The summed E-state index contributed by atoms with van der Waals surface area (Å²) in [7, 11) is 0. The van der Waals surface area contributed by atoms with Gasteiger partial charge in [0.05, 0.1) is 0 Å². The van der Waals surface area contributed by atoms with Crippen LogP contribution in [-0.4, -0.2) is 0 Å². The molecule has 0 aromatic rings. The summed E-state index contributed by atoms with van der Waals surface area (Å²) >= 11 is 0. The van der Waals surface area contributed by atoms with Crippen LogP contribution < -0.4 is 0 Å². The van der Waals surface area contributed by atoms with E-state index in [-0.39, 0.29) is 0 Å². The highest BCUT2D eigenvalue weighted by atomic mass is 14.1. The average Bonchev–Trinajstić information content (AvgIpc) is 2.65. The van der Waals surface area contributed by atoms with Gasteiger partial charge in [-0.05, 0) is 29.6 Å². The molecular formula is C29H60. The maximum Gasteiger partial charge on any atom is -0.0443 e. The van der Waals surface area contributed by atoms with E-state index in [0.29, 0.717) is 0 Å². The average molecular weight is 409 g/mol. The quantitative estimate of drug-likeness (QED) is 0.166. The topological polar surface area (TPSA) is 0 Å². The van der Waals surface area contributed by atoms with Gasteiger partial charge < -0.3 is 0 Å². The molecule has 0 aliphatic rings. The lowest BCUT2D eigenvalue weighted by Gasteiger charge is -2.16. The Bertz CT molecular complexity index is 318. The maximum absolute atomic E-state index is 2.49. The van der Waals surface area contributed by atoms with Crippen LogP contribution in [0.5, 0.6) is 0 Å². The van der Waals surface area contributed by atoms with Crippen molar-refractivity contribution in [2.24, 2.45) is 29.6 Å². The van der Waals surface area contributed by atoms with Gasteiger partial charge in [-0.3, -0.25) is 0 Å². The lowest BCUT2D eigenvalue weighted by atomic mass is 9.90. The minimum atomic E-state index is 0.879. The molecule has 0 saturated heterocycles. The smallest absolute Gasteiger partial charge is 0.0443 e. The molecule has 0 saturated carbocycles. The highest BCUT2D eigenvalue weighted by Gasteiger charge is 2.08. The van der Waals surface area contributed by atoms with Gasteiger partial charge in [0.2, 0.25) is 0 Å². The van der Waals surface area contributed by atoms with Crippen LogP contribution >= 0.6 is 0 Å². The highest BCUT2D eigenvalue weighted by Crippen LogP contribution is 2.24. The summed E-state index contributed by atoms with van der Waals surface area (Å²) in [6.07, 6.45) is 24.6. The third-order valence-corrected chi connectivity index (χ3v) is 7.21. The Kier molecular flexibility index (Phi) is 19.9. The van der Waals surface area contributed by atoms with Crippen LogP contribution in [0.1, 0.15) is 158 Å². The molecular weight excluding hydrogens is 348 g/mol. The summed E-state index contributed by atoms with van der Waals surface area (Å²) in [5.41, 5.74) is 0. The van der Waals surface area contributed by atoms with E-state index in [1.165, 1.54) is 109 Å². The third kappa shape index (κ3) is 21.0. The fraction of sp³-hybridized carbons (Fsp3) is 1.00. The molecule has 0 aliphatic heterocycles. The predicted octanol–water partition coefficient (Wildman–Crippen LogP) is 10.8. The molecule has 0 bridgehead atoms. The van der Waals surface area contributed by atoms with Gasteiger partial charge in [0.1, 0.15) is 0 Å². The van der Waals surface area contributed by atoms with E-state index < -0.39 is 0 Å². The first-order valence-electron chi connectivity index (χ1n) is 13.8. The zero-order valence-corrected chi connectivity index (χ0v) is 21.9. The largest absolute Gasteiger partial charge is 0.0654 e. The Hall–Kier alpha value is 0. The van der Waals surface area contributed by atoms with E-state index in [2.05, 4.69) is 48.5 Å². The molecule has 4 unspecified atom stereocenters. The second kappa shape index (κ2) is 19.9. The molecule has 0 amide bonds. The van der Waals surface area contributed by atoms with Gasteiger partial charge in [-0.2, -0.15) is 0 Å². The number of hydrogen-bond donors (Lipinski definition) is 0. The minimum Gasteiger partial charge on any atom is -0.0654 e. The minimum absolute atomic E-state index is 0.879. The molecule has 0 heterocycles. The summed E-state index contributed by atoms with van der Waals surface area (Å²) in [5.74, 6) is 4.66. The van der Waals surface area contributed by atoms with Crippen LogP contribution in [0.2, 0.25) is 0 Å². The molecule has 0 aromatic carbocycles. The lowest BCUT2D eigenvalue weighted by Crippen LogP contribution is -2.01.